The third kappa shape index (κ3) is 3.30. The lowest BCUT2D eigenvalue weighted by molar-refractivity contribution is -0.123. The Hall–Kier alpha value is -0.870. The minimum atomic E-state index is 0.0220. The summed E-state index contributed by atoms with van der Waals surface area (Å²) in [6.45, 7) is 3.80. The molecule has 1 fully saturated rings. The topological polar surface area (TPSA) is 41.1 Å². The zero-order valence-electron chi connectivity index (χ0n) is 10.3. The van der Waals surface area contributed by atoms with Gasteiger partial charge in [-0.1, -0.05) is 13.3 Å². The molecule has 0 bridgehead atoms. The van der Waals surface area contributed by atoms with Gasteiger partial charge in [0.25, 0.3) is 0 Å². The van der Waals surface area contributed by atoms with Crippen LogP contribution in [0.5, 0.6) is 0 Å². The van der Waals surface area contributed by atoms with E-state index in [4.69, 9.17) is 0 Å². The minimum absolute atomic E-state index is 0.0220. The number of carbonyl (C=O) groups excluding carboxylic acids is 1. The van der Waals surface area contributed by atoms with E-state index in [1.165, 1.54) is 16.9 Å². The highest BCUT2D eigenvalue weighted by molar-refractivity contribution is 7.10. The summed E-state index contributed by atoms with van der Waals surface area (Å²) in [4.78, 5) is 13.2. The van der Waals surface area contributed by atoms with Crippen molar-refractivity contribution in [1.29, 1.82) is 0 Å². The molecular weight excluding hydrogens is 232 g/mol. The van der Waals surface area contributed by atoms with E-state index in [1.807, 2.05) is 0 Å². The van der Waals surface area contributed by atoms with Crippen molar-refractivity contribution in [2.24, 2.45) is 0 Å². The normalized spacial score (nSPS) is 20.2. The van der Waals surface area contributed by atoms with Crippen molar-refractivity contribution >= 4 is 17.2 Å². The SMILES string of the molecule is CCc1ccsc1CNC(=O)[C@@H]1CCCCN1. The quantitative estimate of drug-likeness (QED) is 0.861. The molecule has 0 aromatic carbocycles. The molecule has 0 aliphatic carbocycles. The lowest BCUT2D eigenvalue weighted by Gasteiger charge is -2.22. The number of aryl methyl sites for hydroxylation is 1. The Morgan fingerprint density at radius 1 is 1.59 bits per heavy atom. The van der Waals surface area contributed by atoms with Crippen molar-refractivity contribution in [3.63, 3.8) is 0 Å². The fraction of sp³-hybridized carbons (Fsp3) is 0.615. The first-order chi connectivity index (χ1) is 8.31. The zero-order valence-corrected chi connectivity index (χ0v) is 11.1. The number of thiophene rings is 1. The Morgan fingerprint density at radius 3 is 3.18 bits per heavy atom. The first kappa shape index (κ1) is 12.6. The molecule has 0 radical (unpaired) electrons. The van der Waals surface area contributed by atoms with Gasteiger partial charge in [-0.2, -0.15) is 0 Å². The second-order valence-corrected chi connectivity index (χ2v) is 5.44. The van der Waals surface area contributed by atoms with Crippen LogP contribution in [0.15, 0.2) is 11.4 Å². The van der Waals surface area contributed by atoms with Crippen LogP contribution in [-0.2, 0) is 17.8 Å². The highest BCUT2D eigenvalue weighted by Crippen LogP contribution is 2.17. The first-order valence-electron chi connectivity index (χ1n) is 6.37. The first-order valence-corrected chi connectivity index (χ1v) is 7.25. The van der Waals surface area contributed by atoms with Crippen molar-refractivity contribution in [2.45, 2.75) is 45.2 Å². The number of nitrogens with one attached hydrogen (secondary N) is 2. The molecule has 1 aliphatic heterocycles. The van der Waals surface area contributed by atoms with E-state index in [9.17, 15) is 4.79 Å². The van der Waals surface area contributed by atoms with Crippen LogP contribution in [0.1, 0.15) is 36.6 Å². The van der Waals surface area contributed by atoms with E-state index in [0.717, 1.165) is 25.8 Å². The van der Waals surface area contributed by atoms with Crippen LogP contribution in [0.3, 0.4) is 0 Å². The van der Waals surface area contributed by atoms with Gasteiger partial charge >= 0.3 is 0 Å². The molecule has 0 spiro atoms. The molecule has 1 aliphatic rings. The molecule has 4 heteroatoms. The zero-order chi connectivity index (χ0) is 12.1. The second kappa shape index (κ2) is 6.17. The molecule has 94 valence electrons. The molecule has 17 heavy (non-hydrogen) atoms. The molecule has 2 rings (SSSR count). The summed E-state index contributed by atoms with van der Waals surface area (Å²) < 4.78 is 0. The maximum Gasteiger partial charge on any atom is 0.237 e. The summed E-state index contributed by atoms with van der Waals surface area (Å²) in [5.74, 6) is 0.153. The summed E-state index contributed by atoms with van der Waals surface area (Å²) >= 11 is 1.73. The predicted molar refractivity (Wildman–Crippen MR) is 71.2 cm³/mol. The highest BCUT2D eigenvalue weighted by Gasteiger charge is 2.20. The van der Waals surface area contributed by atoms with Crippen LogP contribution < -0.4 is 10.6 Å². The van der Waals surface area contributed by atoms with Gasteiger partial charge < -0.3 is 10.6 Å². The monoisotopic (exact) mass is 252 g/mol. The van der Waals surface area contributed by atoms with Gasteiger partial charge in [0.05, 0.1) is 12.6 Å². The van der Waals surface area contributed by atoms with Gasteiger partial charge in [-0.25, -0.2) is 0 Å². The van der Waals surface area contributed by atoms with E-state index in [0.29, 0.717) is 6.54 Å². The Bertz CT molecular complexity index is 369. The summed E-state index contributed by atoms with van der Waals surface area (Å²) in [7, 11) is 0. The summed E-state index contributed by atoms with van der Waals surface area (Å²) in [5.41, 5.74) is 1.35. The van der Waals surface area contributed by atoms with Gasteiger partial charge in [-0.05, 0) is 42.8 Å². The van der Waals surface area contributed by atoms with E-state index >= 15 is 0 Å². The Morgan fingerprint density at radius 2 is 2.47 bits per heavy atom. The van der Waals surface area contributed by atoms with Crippen molar-refractivity contribution in [1.82, 2.24) is 10.6 Å². The Labute approximate surface area is 107 Å². The van der Waals surface area contributed by atoms with Gasteiger partial charge in [0, 0.05) is 4.88 Å². The number of rotatable bonds is 4. The van der Waals surface area contributed by atoms with Crippen molar-refractivity contribution in [2.75, 3.05) is 6.54 Å². The molecule has 3 nitrogen and oxygen atoms in total. The summed E-state index contributed by atoms with van der Waals surface area (Å²) in [6.07, 6.45) is 4.35. The Kier molecular flexibility index (Phi) is 4.57. The predicted octanol–water partition coefficient (Wildman–Crippen LogP) is 2.07. The number of piperidine rings is 1. The largest absolute Gasteiger partial charge is 0.350 e. The molecule has 0 saturated carbocycles. The van der Waals surface area contributed by atoms with Crippen molar-refractivity contribution < 1.29 is 4.79 Å². The standard InChI is InChI=1S/C13H20N2OS/c1-2-10-6-8-17-12(10)9-15-13(16)11-5-3-4-7-14-11/h6,8,11,14H,2-5,7,9H2,1H3,(H,15,16)/t11-/m0/s1. The van der Waals surface area contributed by atoms with Gasteiger partial charge in [-0.3, -0.25) is 4.79 Å². The molecule has 1 atom stereocenters. The minimum Gasteiger partial charge on any atom is -0.350 e. The van der Waals surface area contributed by atoms with Gasteiger partial charge in [0.15, 0.2) is 0 Å². The van der Waals surface area contributed by atoms with Gasteiger partial charge in [-0.15, -0.1) is 11.3 Å². The fourth-order valence-corrected chi connectivity index (χ4v) is 3.12. The number of amides is 1. The van der Waals surface area contributed by atoms with E-state index in [-0.39, 0.29) is 11.9 Å². The average Bonchev–Trinajstić information content (AvgIpc) is 2.84. The molecule has 2 N–H and O–H groups in total. The summed E-state index contributed by atoms with van der Waals surface area (Å²) in [5, 5.41) is 8.40. The van der Waals surface area contributed by atoms with Gasteiger partial charge in [0.1, 0.15) is 0 Å². The van der Waals surface area contributed by atoms with E-state index in [2.05, 4.69) is 29.0 Å². The molecule has 1 saturated heterocycles. The maximum absolute atomic E-state index is 11.9. The van der Waals surface area contributed by atoms with Gasteiger partial charge in [0.2, 0.25) is 5.91 Å². The lowest BCUT2D eigenvalue weighted by atomic mass is 10.0. The third-order valence-electron chi connectivity index (χ3n) is 3.27. The second-order valence-electron chi connectivity index (χ2n) is 4.44. The van der Waals surface area contributed by atoms with Crippen molar-refractivity contribution in [3.05, 3.63) is 21.9 Å². The lowest BCUT2D eigenvalue weighted by Crippen LogP contribution is -2.46. The summed E-state index contributed by atoms with van der Waals surface area (Å²) in [6, 6.07) is 2.17. The number of hydrogen-bond acceptors (Lipinski definition) is 3. The van der Waals surface area contributed by atoms with Crippen LogP contribution in [0.4, 0.5) is 0 Å². The number of hydrogen-bond donors (Lipinski definition) is 2. The van der Waals surface area contributed by atoms with Crippen molar-refractivity contribution in [3.8, 4) is 0 Å². The molecule has 1 aromatic rings. The highest BCUT2D eigenvalue weighted by atomic mass is 32.1. The van der Waals surface area contributed by atoms with E-state index in [1.54, 1.807) is 11.3 Å². The van der Waals surface area contributed by atoms with Crippen LogP contribution in [0, 0.1) is 0 Å². The number of carbonyl (C=O) groups is 1. The molecule has 0 unspecified atom stereocenters. The average molecular weight is 252 g/mol. The smallest absolute Gasteiger partial charge is 0.237 e. The fourth-order valence-electron chi connectivity index (χ4n) is 2.20. The van der Waals surface area contributed by atoms with Crippen LogP contribution >= 0.6 is 11.3 Å². The molecule has 1 amide bonds. The van der Waals surface area contributed by atoms with Crippen LogP contribution in [0.2, 0.25) is 0 Å². The Balaban J connectivity index is 1.83. The van der Waals surface area contributed by atoms with E-state index < -0.39 is 0 Å². The molecule has 1 aromatic heterocycles. The molecular formula is C13H20N2OS. The van der Waals surface area contributed by atoms with Crippen LogP contribution in [-0.4, -0.2) is 18.5 Å². The third-order valence-corrected chi connectivity index (χ3v) is 4.23. The molecule has 2 heterocycles. The van der Waals surface area contributed by atoms with Crippen LogP contribution in [0.25, 0.3) is 0 Å². The maximum atomic E-state index is 11.9.